The van der Waals surface area contributed by atoms with Crippen LogP contribution in [0.4, 0.5) is 0 Å². The molecule has 4 aromatic rings. The molecular weight excluding hydrogens is 326 g/mol. The van der Waals surface area contributed by atoms with Crippen molar-refractivity contribution in [1.82, 2.24) is 20.6 Å². The van der Waals surface area contributed by atoms with Gasteiger partial charge in [0.05, 0.1) is 11.9 Å². The summed E-state index contributed by atoms with van der Waals surface area (Å²) in [5.74, 6) is -0.357. The lowest BCUT2D eigenvalue weighted by Gasteiger charge is -2.00. The van der Waals surface area contributed by atoms with Crippen molar-refractivity contribution < 1.29 is 4.79 Å². The second kappa shape index (κ2) is 6.98. The highest BCUT2D eigenvalue weighted by Crippen LogP contribution is 2.23. The SMILES string of the molecule is O=C(N/N=C/c1cccnc1)c1cc(-c2ccc3ccccc3c2)n[nH]1. The highest BCUT2D eigenvalue weighted by Gasteiger charge is 2.10. The summed E-state index contributed by atoms with van der Waals surface area (Å²) in [6, 6.07) is 19.5. The van der Waals surface area contributed by atoms with Crippen molar-refractivity contribution in [3.05, 3.63) is 84.3 Å². The van der Waals surface area contributed by atoms with Crippen molar-refractivity contribution in [2.75, 3.05) is 0 Å². The molecular formula is C20H15N5O. The van der Waals surface area contributed by atoms with Crippen LogP contribution >= 0.6 is 0 Å². The number of hydrogen-bond donors (Lipinski definition) is 2. The van der Waals surface area contributed by atoms with Gasteiger partial charge in [0, 0.05) is 23.5 Å². The molecule has 0 aliphatic heterocycles. The number of aromatic nitrogens is 3. The first-order chi connectivity index (χ1) is 12.8. The fraction of sp³-hybridized carbons (Fsp3) is 0. The minimum Gasteiger partial charge on any atom is -0.272 e. The average Bonchev–Trinajstić information content (AvgIpc) is 3.19. The Morgan fingerprint density at radius 2 is 1.92 bits per heavy atom. The first-order valence-electron chi connectivity index (χ1n) is 8.07. The molecule has 0 aliphatic rings. The quantitative estimate of drug-likeness (QED) is 0.441. The van der Waals surface area contributed by atoms with E-state index in [0.717, 1.165) is 21.9 Å². The van der Waals surface area contributed by atoms with E-state index in [-0.39, 0.29) is 5.91 Å². The van der Waals surface area contributed by atoms with Crippen LogP contribution in [0.2, 0.25) is 0 Å². The van der Waals surface area contributed by atoms with Crippen molar-refractivity contribution in [3.63, 3.8) is 0 Å². The van der Waals surface area contributed by atoms with Crippen molar-refractivity contribution in [2.45, 2.75) is 0 Å². The molecule has 0 bridgehead atoms. The molecule has 4 rings (SSSR count). The molecule has 2 N–H and O–H groups in total. The van der Waals surface area contributed by atoms with Gasteiger partial charge in [-0.25, -0.2) is 5.43 Å². The number of hydrazone groups is 1. The van der Waals surface area contributed by atoms with Crippen LogP contribution in [0, 0.1) is 0 Å². The number of amides is 1. The molecule has 6 heteroatoms. The second-order valence-electron chi connectivity index (χ2n) is 5.71. The Morgan fingerprint density at radius 3 is 2.77 bits per heavy atom. The van der Waals surface area contributed by atoms with E-state index in [1.807, 2.05) is 42.5 Å². The summed E-state index contributed by atoms with van der Waals surface area (Å²) in [5.41, 5.74) is 5.27. The van der Waals surface area contributed by atoms with Gasteiger partial charge in [0.1, 0.15) is 5.69 Å². The van der Waals surface area contributed by atoms with E-state index in [4.69, 9.17) is 0 Å². The number of hydrogen-bond acceptors (Lipinski definition) is 4. The van der Waals surface area contributed by atoms with E-state index in [2.05, 4.69) is 31.8 Å². The van der Waals surface area contributed by atoms with E-state index >= 15 is 0 Å². The summed E-state index contributed by atoms with van der Waals surface area (Å²) in [5, 5.41) is 13.2. The van der Waals surface area contributed by atoms with Gasteiger partial charge in [-0.05, 0) is 29.0 Å². The first kappa shape index (κ1) is 15.7. The fourth-order valence-corrected chi connectivity index (χ4v) is 2.61. The molecule has 0 aliphatic carbocycles. The number of benzene rings is 2. The van der Waals surface area contributed by atoms with Crippen LogP contribution in [0.1, 0.15) is 16.1 Å². The number of nitrogens with zero attached hydrogens (tertiary/aromatic N) is 3. The zero-order valence-electron chi connectivity index (χ0n) is 13.8. The maximum absolute atomic E-state index is 12.2. The van der Waals surface area contributed by atoms with Crippen LogP contribution < -0.4 is 5.43 Å². The van der Waals surface area contributed by atoms with E-state index in [1.165, 1.54) is 6.21 Å². The molecule has 0 radical (unpaired) electrons. The molecule has 2 aromatic carbocycles. The molecule has 2 heterocycles. The molecule has 0 saturated carbocycles. The molecule has 26 heavy (non-hydrogen) atoms. The predicted molar refractivity (Wildman–Crippen MR) is 101 cm³/mol. The predicted octanol–water partition coefficient (Wildman–Crippen LogP) is 3.39. The Balaban J connectivity index is 1.49. The average molecular weight is 341 g/mol. The summed E-state index contributed by atoms with van der Waals surface area (Å²) in [6.07, 6.45) is 4.87. The molecule has 1 amide bonds. The molecule has 126 valence electrons. The standard InChI is InChI=1S/C20H15N5O/c26-20(25-22-13-14-4-3-9-21-12-14)19-11-18(23-24-19)17-8-7-15-5-1-2-6-16(15)10-17/h1-13H,(H,23,24)(H,25,26)/b22-13+. The number of rotatable bonds is 4. The number of pyridine rings is 1. The van der Waals surface area contributed by atoms with Gasteiger partial charge in [-0.3, -0.25) is 14.9 Å². The van der Waals surface area contributed by atoms with Gasteiger partial charge in [0.25, 0.3) is 5.91 Å². The maximum atomic E-state index is 12.2. The summed E-state index contributed by atoms with van der Waals surface area (Å²) in [4.78, 5) is 16.2. The number of nitrogens with one attached hydrogen (secondary N) is 2. The first-order valence-corrected chi connectivity index (χ1v) is 8.07. The Kier molecular flexibility index (Phi) is 4.22. The smallest absolute Gasteiger partial charge is 0.272 e. The Labute approximate surface area is 149 Å². The van der Waals surface area contributed by atoms with Gasteiger partial charge in [-0.2, -0.15) is 10.2 Å². The highest BCUT2D eigenvalue weighted by atomic mass is 16.2. The van der Waals surface area contributed by atoms with Crippen molar-refractivity contribution in [2.24, 2.45) is 5.10 Å². The number of carbonyl (C=O) groups is 1. The van der Waals surface area contributed by atoms with Gasteiger partial charge in [0.2, 0.25) is 0 Å². The number of H-pyrrole nitrogens is 1. The van der Waals surface area contributed by atoms with Crippen molar-refractivity contribution in [1.29, 1.82) is 0 Å². The Bertz CT molecular complexity index is 1090. The molecule has 2 aromatic heterocycles. The van der Waals surface area contributed by atoms with Crippen LogP contribution in [0.5, 0.6) is 0 Å². The van der Waals surface area contributed by atoms with Crippen molar-refractivity contribution >= 4 is 22.9 Å². The molecule has 0 saturated heterocycles. The zero-order valence-corrected chi connectivity index (χ0v) is 13.8. The monoisotopic (exact) mass is 341 g/mol. The highest BCUT2D eigenvalue weighted by molar-refractivity contribution is 5.94. The van der Waals surface area contributed by atoms with Gasteiger partial charge < -0.3 is 0 Å². The normalized spacial score (nSPS) is 11.1. The lowest BCUT2D eigenvalue weighted by atomic mass is 10.1. The van der Waals surface area contributed by atoms with E-state index in [0.29, 0.717) is 11.4 Å². The third-order valence-corrected chi connectivity index (χ3v) is 3.93. The van der Waals surface area contributed by atoms with Crippen LogP contribution in [0.15, 0.2) is 78.2 Å². The van der Waals surface area contributed by atoms with Crippen LogP contribution in [0.3, 0.4) is 0 Å². The largest absolute Gasteiger partial charge is 0.289 e. The topological polar surface area (TPSA) is 83.0 Å². The van der Waals surface area contributed by atoms with Crippen LogP contribution in [-0.4, -0.2) is 27.3 Å². The molecule has 0 atom stereocenters. The molecule has 6 nitrogen and oxygen atoms in total. The van der Waals surface area contributed by atoms with Gasteiger partial charge in [-0.1, -0.05) is 42.5 Å². The molecule has 0 spiro atoms. The summed E-state index contributed by atoms with van der Waals surface area (Å²) < 4.78 is 0. The Hall–Kier alpha value is -3.80. The summed E-state index contributed by atoms with van der Waals surface area (Å²) in [7, 11) is 0. The molecule has 0 fully saturated rings. The third-order valence-electron chi connectivity index (χ3n) is 3.93. The van der Waals surface area contributed by atoms with E-state index in [9.17, 15) is 4.79 Å². The maximum Gasteiger partial charge on any atom is 0.289 e. The molecule has 0 unspecified atom stereocenters. The minimum atomic E-state index is -0.357. The number of aromatic amines is 1. The van der Waals surface area contributed by atoms with Crippen LogP contribution in [-0.2, 0) is 0 Å². The summed E-state index contributed by atoms with van der Waals surface area (Å²) in [6.45, 7) is 0. The van der Waals surface area contributed by atoms with Crippen LogP contribution in [0.25, 0.3) is 22.0 Å². The van der Waals surface area contributed by atoms with Gasteiger partial charge in [-0.15, -0.1) is 0 Å². The lowest BCUT2D eigenvalue weighted by molar-refractivity contribution is 0.0950. The van der Waals surface area contributed by atoms with Crippen molar-refractivity contribution in [3.8, 4) is 11.3 Å². The second-order valence-corrected chi connectivity index (χ2v) is 5.71. The third kappa shape index (κ3) is 3.34. The summed E-state index contributed by atoms with van der Waals surface area (Å²) >= 11 is 0. The number of carbonyl (C=O) groups excluding carboxylic acids is 1. The van der Waals surface area contributed by atoms with Gasteiger partial charge >= 0.3 is 0 Å². The zero-order chi connectivity index (χ0) is 17.8. The van der Waals surface area contributed by atoms with Gasteiger partial charge in [0.15, 0.2) is 0 Å². The lowest BCUT2D eigenvalue weighted by Crippen LogP contribution is -2.18. The van der Waals surface area contributed by atoms with E-state index in [1.54, 1.807) is 24.5 Å². The van der Waals surface area contributed by atoms with E-state index < -0.39 is 0 Å². The fourth-order valence-electron chi connectivity index (χ4n) is 2.61. The minimum absolute atomic E-state index is 0.344. The number of fused-ring (bicyclic) bond motifs is 1. The Morgan fingerprint density at radius 1 is 1.04 bits per heavy atom.